The van der Waals surface area contributed by atoms with Crippen molar-refractivity contribution in [3.05, 3.63) is 23.8 Å². The normalized spacial score (nSPS) is 22.6. The quantitative estimate of drug-likeness (QED) is 0.334. The van der Waals surface area contributed by atoms with Gasteiger partial charge in [0.25, 0.3) is 0 Å². The van der Waals surface area contributed by atoms with Gasteiger partial charge in [0.1, 0.15) is 11.2 Å². The Bertz CT molecular complexity index is 1640. The summed E-state index contributed by atoms with van der Waals surface area (Å²) < 4.78 is 39.8. The standard InChI is InChI=1S/2C20H34BN3O4/c1-14-16(21-27-19(5,6)20(7,8)28-21)13-24(22-14)15-9-11-23(12-10-15)17(25)26-18(2,3)4;1-14-16(21-27-19(5,6)20(7,8)28-21)13-22-24(14)15-9-11-23(12-10-15)17(25)26-18(2,3)4/h2*13,15H,9-12H2,1-8H3. The lowest BCUT2D eigenvalue weighted by Gasteiger charge is -2.34. The summed E-state index contributed by atoms with van der Waals surface area (Å²) >= 11 is 0. The second-order valence-electron chi connectivity index (χ2n) is 19.9. The third-order valence-corrected chi connectivity index (χ3v) is 12.0. The average Bonchev–Trinajstić information content (AvgIpc) is 3.75. The molecule has 4 saturated heterocycles. The lowest BCUT2D eigenvalue weighted by molar-refractivity contribution is 0.00578. The van der Waals surface area contributed by atoms with Crippen LogP contribution in [-0.4, -0.2) is 116 Å². The molecule has 0 aromatic carbocycles. The van der Waals surface area contributed by atoms with Crippen LogP contribution in [0.4, 0.5) is 9.59 Å². The minimum atomic E-state index is -0.468. The summed E-state index contributed by atoms with van der Waals surface area (Å²) in [5, 5.41) is 9.36. The highest BCUT2D eigenvalue weighted by Gasteiger charge is 2.54. The number of nitrogens with zero attached hydrogens (tertiary/aromatic N) is 6. The molecule has 0 unspecified atom stereocenters. The summed E-state index contributed by atoms with van der Waals surface area (Å²) in [6.45, 7) is 34.5. The van der Waals surface area contributed by atoms with Crippen LogP contribution >= 0.6 is 0 Å². The van der Waals surface area contributed by atoms with Gasteiger partial charge in [-0.2, -0.15) is 10.2 Å². The van der Waals surface area contributed by atoms with Crippen molar-refractivity contribution in [3.63, 3.8) is 0 Å². The maximum absolute atomic E-state index is 12.3. The molecular weight excluding hydrogens is 714 g/mol. The SMILES string of the molecule is Cc1c(B2OC(C)(C)C(C)(C)O2)cnn1C1CCN(C(=O)OC(C)(C)C)CC1.Cc1nn(C2CCN(C(=O)OC(C)(C)C)CC2)cc1B1OC(C)(C)C(C)(C)O1. The maximum atomic E-state index is 12.3. The second-order valence-corrected chi connectivity index (χ2v) is 19.9. The van der Waals surface area contributed by atoms with E-state index in [-0.39, 0.29) is 46.7 Å². The van der Waals surface area contributed by atoms with Crippen LogP contribution in [0.1, 0.15) is 146 Å². The van der Waals surface area contributed by atoms with Gasteiger partial charge in [0, 0.05) is 55.2 Å². The van der Waals surface area contributed by atoms with Gasteiger partial charge in [-0.1, -0.05) is 0 Å². The summed E-state index contributed by atoms with van der Waals surface area (Å²) in [5.41, 5.74) is 1.53. The van der Waals surface area contributed by atoms with Crippen molar-refractivity contribution < 1.29 is 37.7 Å². The van der Waals surface area contributed by atoms with Gasteiger partial charge in [0.2, 0.25) is 0 Å². The molecule has 6 rings (SSSR count). The fourth-order valence-corrected chi connectivity index (χ4v) is 7.15. The maximum Gasteiger partial charge on any atom is 0.498 e. The topological polar surface area (TPSA) is 132 Å². The van der Waals surface area contributed by atoms with Gasteiger partial charge >= 0.3 is 26.4 Å². The first-order valence-corrected chi connectivity index (χ1v) is 20.4. The minimum Gasteiger partial charge on any atom is -0.444 e. The molecule has 312 valence electrons. The molecule has 0 bridgehead atoms. The Kier molecular flexibility index (Phi) is 12.3. The highest BCUT2D eigenvalue weighted by Crippen LogP contribution is 2.38. The van der Waals surface area contributed by atoms with Gasteiger partial charge in [-0.25, -0.2) is 9.59 Å². The van der Waals surface area contributed by atoms with Gasteiger partial charge < -0.3 is 37.9 Å². The number of aromatic nitrogens is 4. The third-order valence-electron chi connectivity index (χ3n) is 12.0. The zero-order valence-electron chi connectivity index (χ0n) is 37.1. The van der Waals surface area contributed by atoms with E-state index < -0.39 is 25.4 Å². The number of hydrogen-bond acceptors (Lipinski definition) is 10. The molecular formula is C40H68B2N6O8. The van der Waals surface area contributed by atoms with Crippen LogP contribution in [0.2, 0.25) is 0 Å². The molecule has 0 aliphatic carbocycles. The van der Waals surface area contributed by atoms with Crippen molar-refractivity contribution in [2.24, 2.45) is 0 Å². The first kappa shape index (κ1) is 44.0. The van der Waals surface area contributed by atoms with Gasteiger partial charge in [-0.3, -0.25) is 9.36 Å². The Labute approximate surface area is 335 Å². The van der Waals surface area contributed by atoms with Crippen molar-refractivity contribution in [1.82, 2.24) is 29.4 Å². The number of aryl methyl sites for hydroxylation is 1. The largest absolute Gasteiger partial charge is 0.498 e. The highest BCUT2D eigenvalue weighted by molar-refractivity contribution is 6.63. The molecule has 0 saturated carbocycles. The Morgan fingerprint density at radius 3 is 1.43 bits per heavy atom. The van der Waals surface area contributed by atoms with E-state index in [2.05, 4.69) is 72.1 Å². The van der Waals surface area contributed by atoms with Crippen LogP contribution in [0.25, 0.3) is 0 Å². The van der Waals surface area contributed by atoms with Crippen LogP contribution in [-0.2, 0) is 28.1 Å². The molecule has 2 aromatic heterocycles. The van der Waals surface area contributed by atoms with Crippen LogP contribution in [0.5, 0.6) is 0 Å². The molecule has 0 radical (unpaired) electrons. The van der Waals surface area contributed by atoms with E-state index in [1.807, 2.05) is 65.5 Å². The van der Waals surface area contributed by atoms with Crippen molar-refractivity contribution in [2.45, 2.75) is 182 Å². The lowest BCUT2D eigenvalue weighted by Crippen LogP contribution is -2.42. The number of carbonyl (C=O) groups is 2. The second kappa shape index (κ2) is 15.6. The van der Waals surface area contributed by atoms with E-state index in [1.54, 1.807) is 9.80 Å². The van der Waals surface area contributed by atoms with Crippen LogP contribution in [0.15, 0.2) is 12.4 Å². The summed E-state index contributed by atoms with van der Waals surface area (Å²) in [6, 6.07) is 0.517. The molecule has 4 fully saturated rings. The third kappa shape index (κ3) is 9.78. The molecule has 4 aliphatic heterocycles. The molecule has 0 N–H and O–H groups in total. The van der Waals surface area contributed by atoms with Gasteiger partial charge in [-0.15, -0.1) is 0 Å². The summed E-state index contributed by atoms with van der Waals surface area (Å²) in [7, 11) is -0.804. The highest BCUT2D eigenvalue weighted by atomic mass is 16.7. The Hall–Kier alpha value is -3.07. The van der Waals surface area contributed by atoms with E-state index in [0.717, 1.165) is 48.0 Å². The van der Waals surface area contributed by atoms with Crippen molar-refractivity contribution in [3.8, 4) is 0 Å². The van der Waals surface area contributed by atoms with E-state index >= 15 is 0 Å². The van der Waals surface area contributed by atoms with Crippen LogP contribution in [0, 0.1) is 13.8 Å². The van der Waals surface area contributed by atoms with E-state index in [1.165, 1.54) is 0 Å². The predicted octanol–water partition coefficient (Wildman–Crippen LogP) is 6.13. The Morgan fingerprint density at radius 2 is 1.04 bits per heavy atom. The van der Waals surface area contributed by atoms with Gasteiger partial charge in [0.05, 0.1) is 40.2 Å². The molecule has 16 heteroatoms. The number of amides is 2. The number of ether oxygens (including phenoxy) is 2. The molecule has 2 aromatic rings. The smallest absolute Gasteiger partial charge is 0.444 e. The fourth-order valence-electron chi connectivity index (χ4n) is 7.15. The monoisotopic (exact) mass is 783 g/mol. The fraction of sp³-hybridized carbons (Fsp3) is 0.800. The predicted molar refractivity (Wildman–Crippen MR) is 218 cm³/mol. The molecule has 4 aliphatic rings. The Morgan fingerprint density at radius 1 is 0.661 bits per heavy atom. The molecule has 14 nitrogen and oxygen atoms in total. The number of rotatable bonds is 4. The number of carbonyl (C=O) groups excluding carboxylic acids is 2. The minimum absolute atomic E-state index is 0.235. The first-order chi connectivity index (χ1) is 25.6. The zero-order chi connectivity index (χ0) is 41.8. The Balaban J connectivity index is 0.000000214. The van der Waals surface area contributed by atoms with Crippen molar-refractivity contribution in [1.29, 1.82) is 0 Å². The van der Waals surface area contributed by atoms with Crippen molar-refractivity contribution >= 4 is 37.3 Å². The summed E-state index contributed by atoms with van der Waals surface area (Å²) in [4.78, 5) is 28.1. The summed E-state index contributed by atoms with van der Waals surface area (Å²) in [6.07, 6.45) is 6.84. The molecule has 0 spiro atoms. The van der Waals surface area contributed by atoms with Crippen LogP contribution < -0.4 is 10.9 Å². The number of hydrogen-bond donors (Lipinski definition) is 0. The average molecular weight is 783 g/mol. The molecule has 56 heavy (non-hydrogen) atoms. The molecule has 2 amide bonds. The first-order valence-electron chi connectivity index (χ1n) is 20.4. The lowest BCUT2D eigenvalue weighted by atomic mass is 9.79. The zero-order valence-corrected chi connectivity index (χ0v) is 37.1. The number of piperidine rings is 2. The van der Waals surface area contributed by atoms with Gasteiger partial charge in [0.15, 0.2) is 0 Å². The van der Waals surface area contributed by atoms with E-state index in [4.69, 9.17) is 33.2 Å². The van der Waals surface area contributed by atoms with Gasteiger partial charge in [-0.05, 0) is 136 Å². The van der Waals surface area contributed by atoms with E-state index in [9.17, 15) is 9.59 Å². The number of likely N-dealkylation sites (tertiary alicyclic amines) is 2. The van der Waals surface area contributed by atoms with Crippen LogP contribution in [0.3, 0.4) is 0 Å². The van der Waals surface area contributed by atoms with Crippen molar-refractivity contribution in [2.75, 3.05) is 26.2 Å². The molecule has 6 heterocycles. The molecule has 0 atom stereocenters. The van der Waals surface area contributed by atoms with E-state index in [0.29, 0.717) is 26.2 Å². The summed E-state index contributed by atoms with van der Waals surface area (Å²) in [5.74, 6) is 0.